The largest absolute Gasteiger partial charge is 0.338 e. The highest BCUT2D eigenvalue weighted by Crippen LogP contribution is 2.20. The summed E-state index contributed by atoms with van der Waals surface area (Å²) in [5.74, 6) is -0.898. The lowest BCUT2D eigenvalue weighted by molar-refractivity contribution is -0.121. The van der Waals surface area contributed by atoms with Gasteiger partial charge in [0.2, 0.25) is 5.91 Å². The van der Waals surface area contributed by atoms with Gasteiger partial charge in [-0.3, -0.25) is 14.6 Å². The van der Waals surface area contributed by atoms with Crippen LogP contribution in [0.1, 0.15) is 23.2 Å². The van der Waals surface area contributed by atoms with Gasteiger partial charge < -0.3 is 10.2 Å². The summed E-state index contributed by atoms with van der Waals surface area (Å²) in [5, 5.41) is 2.85. The highest BCUT2D eigenvalue weighted by molar-refractivity contribution is 5.96. The number of hydrogen-bond donors (Lipinski definition) is 1. The van der Waals surface area contributed by atoms with Gasteiger partial charge in [-0.05, 0) is 49.2 Å². The molecule has 1 saturated heterocycles. The second-order valence-electron chi connectivity index (χ2n) is 5.82. The summed E-state index contributed by atoms with van der Waals surface area (Å²) >= 11 is 0. The number of likely N-dealkylation sites (tertiary alicyclic amines) is 1. The van der Waals surface area contributed by atoms with Gasteiger partial charge in [-0.2, -0.15) is 0 Å². The first-order valence-electron chi connectivity index (χ1n) is 7.89. The monoisotopic (exact) mass is 327 g/mol. The van der Waals surface area contributed by atoms with Crippen molar-refractivity contribution in [3.63, 3.8) is 0 Å². The van der Waals surface area contributed by atoms with Crippen molar-refractivity contribution in [1.29, 1.82) is 0 Å². The van der Waals surface area contributed by atoms with Crippen LogP contribution in [0.4, 0.5) is 10.1 Å². The van der Waals surface area contributed by atoms with E-state index < -0.39 is 0 Å². The highest BCUT2D eigenvalue weighted by Gasteiger charge is 2.29. The van der Waals surface area contributed by atoms with Gasteiger partial charge in [-0.25, -0.2) is 4.39 Å². The topological polar surface area (TPSA) is 62.3 Å². The molecule has 0 aliphatic carbocycles. The smallest absolute Gasteiger partial charge is 0.253 e. The molecule has 0 saturated carbocycles. The number of nitrogens with one attached hydrogen (secondary N) is 1. The minimum atomic E-state index is -0.375. The number of hydrogen-bond acceptors (Lipinski definition) is 3. The van der Waals surface area contributed by atoms with Crippen LogP contribution in [0.15, 0.2) is 48.8 Å². The Morgan fingerprint density at radius 2 is 1.83 bits per heavy atom. The average Bonchev–Trinajstić information content (AvgIpc) is 2.63. The van der Waals surface area contributed by atoms with Crippen LogP contribution in [-0.4, -0.2) is 34.8 Å². The number of nitrogens with zero attached hydrogens (tertiary/aromatic N) is 2. The molecule has 2 heterocycles. The van der Waals surface area contributed by atoms with E-state index in [1.807, 2.05) is 0 Å². The van der Waals surface area contributed by atoms with E-state index in [1.165, 1.54) is 24.3 Å². The number of amides is 2. The minimum absolute atomic E-state index is 0.0993. The number of anilines is 1. The van der Waals surface area contributed by atoms with Gasteiger partial charge in [0.1, 0.15) is 5.82 Å². The van der Waals surface area contributed by atoms with E-state index >= 15 is 0 Å². The van der Waals surface area contributed by atoms with Crippen LogP contribution < -0.4 is 5.32 Å². The molecular weight excluding hydrogens is 309 g/mol. The third-order valence-electron chi connectivity index (χ3n) is 4.12. The molecule has 2 amide bonds. The van der Waals surface area contributed by atoms with E-state index in [2.05, 4.69) is 10.3 Å². The molecule has 1 N–H and O–H groups in total. The minimum Gasteiger partial charge on any atom is -0.338 e. The van der Waals surface area contributed by atoms with Gasteiger partial charge >= 0.3 is 0 Å². The van der Waals surface area contributed by atoms with E-state index in [1.54, 1.807) is 29.4 Å². The van der Waals surface area contributed by atoms with E-state index in [0.717, 1.165) is 12.8 Å². The Kier molecular flexibility index (Phi) is 4.84. The van der Waals surface area contributed by atoms with Crippen molar-refractivity contribution in [2.45, 2.75) is 12.8 Å². The molecule has 2 aromatic rings. The van der Waals surface area contributed by atoms with Crippen LogP contribution in [-0.2, 0) is 4.79 Å². The maximum absolute atomic E-state index is 13.0. The standard InChI is InChI=1S/C18H18FN3O2/c19-15-5-3-13(4-6-15)18(24)22-11-1-2-14(12-22)17(23)21-16-7-9-20-10-8-16/h3-10,14H,1-2,11-12H2,(H,20,21,23)/t14-/m1/s1. The first-order chi connectivity index (χ1) is 11.6. The lowest BCUT2D eigenvalue weighted by Crippen LogP contribution is -2.43. The maximum atomic E-state index is 13.0. The Balaban J connectivity index is 1.64. The SMILES string of the molecule is O=C(Nc1ccncc1)[C@@H]1CCCN(C(=O)c2ccc(F)cc2)C1. The fraction of sp³-hybridized carbons (Fsp3) is 0.278. The molecule has 1 atom stereocenters. The van der Waals surface area contributed by atoms with Crippen molar-refractivity contribution in [2.24, 2.45) is 5.92 Å². The first kappa shape index (κ1) is 16.1. The third-order valence-corrected chi connectivity index (χ3v) is 4.12. The predicted molar refractivity (Wildman–Crippen MR) is 87.9 cm³/mol. The van der Waals surface area contributed by atoms with Crippen LogP contribution in [0.25, 0.3) is 0 Å². The van der Waals surface area contributed by atoms with E-state index in [0.29, 0.717) is 24.3 Å². The second-order valence-corrected chi connectivity index (χ2v) is 5.82. The van der Waals surface area contributed by atoms with Crippen LogP contribution in [0, 0.1) is 11.7 Å². The second kappa shape index (κ2) is 7.21. The zero-order valence-electron chi connectivity index (χ0n) is 13.1. The predicted octanol–water partition coefficient (Wildman–Crippen LogP) is 2.71. The van der Waals surface area contributed by atoms with Gasteiger partial charge in [-0.15, -0.1) is 0 Å². The first-order valence-corrected chi connectivity index (χ1v) is 7.89. The maximum Gasteiger partial charge on any atom is 0.253 e. The van der Waals surface area contributed by atoms with Crippen molar-refractivity contribution < 1.29 is 14.0 Å². The fourth-order valence-electron chi connectivity index (χ4n) is 2.83. The van der Waals surface area contributed by atoms with Gasteiger partial charge in [0.15, 0.2) is 0 Å². The fourth-order valence-corrected chi connectivity index (χ4v) is 2.83. The van der Waals surface area contributed by atoms with E-state index in [4.69, 9.17) is 0 Å². The molecule has 6 heteroatoms. The molecular formula is C18H18FN3O2. The molecule has 1 fully saturated rings. The Hall–Kier alpha value is -2.76. The summed E-state index contributed by atoms with van der Waals surface area (Å²) in [6.07, 6.45) is 4.73. The zero-order valence-corrected chi connectivity index (χ0v) is 13.1. The molecule has 1 aromatic carbocycles. The molecule has 0 spiro atoms. The number of halogens is 1. The Bertz CT molecular complexity index is 719. The molecule has 5 nitrogen and oxygen atoms in total. The summed E-state index contributed by atoms with van der Waals surface area (Å²) in [6.45, 7) is 0.975. The molecule has 0 unspecified atom stereocenters. The Morgan fingerprint density at radius 3 is 2.54 bits per heavy atom. The lowest BCUT2D eigenvalue weighted by atomic mass is 9.96. The molecule has 1 aliphatic rings. The van der Waals surface area contributed by atoms with Gasteiger partial charge in [0, 0.05) is 36.7 Å². The number of pyridine rings is 1. The highest BCUT2D eigenvalue weighted by atomic mass is 19.1. The van der Waals surface area contributed by atoms with E-state index in [9.17, 15) is 14.0 Å². The summed E-state index contributed by atoms with van der Waals surface area (Å²) in [4.78, 5) is 30.5. The summed E-state index contributed by atoms with van der Waals surface area (Å²) in [7, 11) is 0. The van der Waals surface area contributed by atoms with Crippen LogP contribution >= 0.6 is 0 Å². The Morgan fingerprint density at radius 1 is 1.12 bits per heavy atom. The normalized spacial score (nSPS) is 17.4. The van der Waals surface area contributed by atoms with Crippen molar-refractivity contribution >= 4 is 17.5 Å². The molecule has 0 radical (unpaired) electrons. The molecule has 24 heavy (non-hydrogen) atoms. The third kappa shape index (κ3) is 3.76. The zero-order chi connectivity index (χ0) is 16.9. The quantitative estimate of drug-likeness (QED) is 0.943. The van der Waals surface area contributed by atoms with Gasteiger partial charge in [-0.1, -0.05) is 0 Å². The number of piperidine rings is 1. The molecule has 3 rings (SSSR count). The van der Waals surface area contributed by atoms with Gasteiger partial charge in [0.25, 0.3) is 5.91 Å². The van der Waals surface area contributed by atoms with Crippen molar-refractivity contribution in [3.05, 3.63) is 60.2 Å². The summed E-state index contributed by atoms with van der Waals surface area (Å²) in [5.41, 5.74) is 1.13. The molecule has 0 bridgehead atoms. The average molecular weight is 327 g/mol. The lowest BCUT2D eigenvalue weighted by Gasteiger charge is -2.32. The number of benzene rings is 1. The van der Waals surface area contributed by atoms with Crippen LogP contribution in [0.5, 0.6) is 0 Å². The summed E-state index contributed by atoms with van der Waals surface area (Å²) < 4.78 is 13.0. The van der Waals surface area contributed by atoms with Crippen LogP contribution in [0.3, 0.4) is 0 Å². The molecule has 1 aromatic heterocycles. The number of carbonyl (C=O) groups is 2. The molecule has 1 aliphatic heterocycles. The Labute approximate surface area is 139 Å². The molecule has 124 valence electrons. The van der Waals surface area contributed by atoms with Gasteiger partial charge in [0.05, 0.1) is 5.92 Å². The number of carbonyl (C=O) groups excluding carboxylic acids is 2. The van der Waals surface area contributed by atoms with Crippen molar-refractivity contribution in [3.8, 4) is 0 Å². The number of aromatic nitrogens is 1. The van der Waals surface area contributed by atoms with E-state index in [-0.39, 0.29) is 23.5 Å². The van der Waals surface area contributed by atoms with Crippen molar-refractivity contribution in [2.75, 3.05) is 18.4 Å². The number of rotatable bonds is 3. The summed E-state index contributed by atoms with van der Waals surface area (Å²) in [6, 6.07) is 8.93. The van der Waals surface area contributed by atoms with Crippen molar-refractivity contribution in [1.82, 2.24) is 9.88 Å². The van der Waals surface area contributed by atoms with Crippen LogP contribution in [0.2, 0.25) is 0 Å².